The maximum atomic E-state index is 8.93. The van der Waals surface area contributed by atoms with E-state index in [0.717, 1.165) is 9.40 Å². The molecule has 0 aliphatic carbocycles. The summed E-state index contributed by atoms with van der Waals surface area (Å²) in [4.78, 5) is 15.2. The van der Waals surface area contributed by atoms with Crippen LogP contribution in [0.25, 0.3) is 30.1 Å². The van der Waals surface area contributed by atoms with Crippen LogP contribution in [0.1, 0.15) is 22.1 Å². The minimum absolute atomic E-state index is 0.470. The van der Waals surface area contributed by atoms with E-state index in [-0.39, 0.29) is 0 Å². The maximum absolute atomic E-state index is 8.93. The Hall–Kier alpha value is -3.04. The molecule has 0 unspecified atom stereocenters. The Balaban J connectivity index is 2.15. The average molecular weight is 320 g/mol. The summed E-state index contributed by atoms with van der Waals surface area (Å²) in [5.41, 5.74) is 1.39. The molecule has 2 heterocycles. The minimum atomic E-state index is -0.902. The first-order valence-electron chi connectivity index (χ1n) is 5.93. The van der Waals surface area contributed by atoms with Crippen LogP contribution in [0.2, 0.25) is 0 Å². The molecule has 0 fully saturated rings. The largest absolute Gasteiger partial charge is 0.528 e. The van der Waals surface area contributed by atoms with Crippen LogP contribution < -0.4 is 0 Å². The second-order valence-electron chi connectivity index (χ2n) is 4.21. The van der Waals surface area contributed by atoms with E-state index in [1.165, 1.54) is 22.7 Å². The van der Waals surface area contributed by atoms with Gasteiger partial charge < -0.3 is 0 Å². The molecule has 0 saturated carbocycles. The highest BCUT2D eigenvalue weighted by atomic mass is 32.1. The van der Waals surface area contributed by atoms with Crippen molar-refractivity contribution < 1.29 is 0 Å². The van der Waals surface area contributed by atoms with Gasteiger partial charge in [-0.25, -0.2) is 32.8 Å². The van der Waals surface area contributed by atoms with Gasteiger partial charge in [0.2, 0.25) is 0 Å². The van der Waals surface area contributed by atoms with E-state index in [9.17, 15) is 0 Å². The average Bonchev–Trinajstić information content (AvgIpc) is 3.10. The van der Waals surface area contributed by atoms with Gasteiger partial charge in [-0.05, 0) is 12.1 Å². The van der Waals surface area contributed by atoms with Gasteiger partial charge in [0, 0.05) is 0 Å². The number of aromatic nitrogens is 2. The Labute approximate surface area is 133 Å². The molecule has 3 aromatic rings. The standard InChI is InChI=1S/C14H4N6S2/c1-17-12(18-2)14-20-9-4-10-8(3-11(9)22-14)19-13(21-10)7(5-15)6-16/h3-4,7,12H. The van der Waals surface area contributed by atoms with E-state index in [0.29, 0.717) is 21.0 Å². The van der Waals surface area contributed by atoms with Gasteiger partial charge in [0.1, 0.15) is 5.01 Å². The number of rotatable bonds is 2. The number of nitriles is 2. The highest BCUT2D eigenvalue weighted by Crippen LogP contribution is 2.35. The van der Waals surface area contributed by atoms with Crippen LogP contribution >= 0.6 is 22.7 Å². The van der Waals surface area contributed by atoms with Crippen molar-refractivity contribution in [3.8, 4) is 12.1 Å². The minimum Gasteiger partial charge on any atom is -0.239 e. The second kappa shape index (κ2) is 5.39. The summed E-state index contributed by atoms with van der Waals surface area (Å²) >= 11 is 2.58. The molecule has 102 valence electrons. The molecule has 0 spiro atoms. The molecule has 8 heteroatoms. The number of hydrogen-bond donors (Lipinski definition) is 0. The molecule has 6 nitrogen and oxygen atoms in total. The number of fused-ring (bicyclic) bond motifs is 2. The quantitative estimate of drug-likeness (QED) is 0.671. The fourth-order valence-corrected chi connectivity index (χ4v) is 3.83. The molecule has 22 heavy (non-hydrogen) atoms. The van der Waals surface area contributed by atoms with Crippen LogP contribution in [-0.4, -0.2) is 9.97 Å². The van der Waals surface area contributed by atoms with Gasteiger partial charge in [-0.3, -0.25) is 0 Å². The lowest BCUT2D eigenvalue weighted by Gasteiger charge is -1.88. The lowest BCUT2D eigenvalue weighted by Crippen LogP contribution is -1.89. The van der Waals surface area contributed by atoms with Gasteiger partial charge in [-0.15, -0.1) is 22.7 Å². The van der Waals surface area contributed by atoms with Gasteiger partial charge in [0.15, 0.2) is 5.92 Å². The number of thiazole rings is 2. The molecule has 1 aromatic carbocycles. The molecule has 0 radical (unpaired) electrons. The third-order valence-corrected chi connectivity index (χ3v) is 5.04. The van der Waals surface area contributed by atoms with E-state index in [1.807, 2.05) is 24.3 Å². The molecule has 0 aliphatic rings. The van der Waals surface area contributed by atoms with Crippen molar-refractivity contribution in [2.45, 2.75) is 12.1 Å². The SMILES string of the molecule is [C-]#[N+]C([N+]#[C-])c1nc2cc3sc(C(C#N)C#N)nc3cc2s1. The summed E-state index contributed by atoms with van der Waals surface area (Å²) in [7, 11) is 0. The predicted molar refractivity (Wildman–Crippen MR) is 82.7 cm³/mol. The van der Waals surface area contributed by atoms with Crippen molar-refractivity contribution in [3.63, 3.8) is 0 Å². The maximum Gasteiger partial charge on any atom is 0.528 e. The van der Waals surface area contributed by atoms with Crippen molar-refractivity contribution in [2.24, 2.45) is 0 Å². The van der Waals surface area contributed by atoms with Crippen molar-refractivity contribution >= 4 is 43.1 Å². The molecular weight excluding hydrogens is 316 g/mol. The topological polar surface area (TPSA) is 82.1 Å². The van der Waals surface area contributed by atoms with E-state index in [2.05, 4.69) is 19.7 Å². The molecular formula is C14H4N6S2. The Morgan fingerprint density at radius 3 is 1.95 bits per heavy atom. The molecule has 0 N–H and O–H groups in total. The van der Waals surface area contributed by atoms with Crippen molar-refractivity contribution in [3.05, 3.63) is 45.0 Å². The van der Waals surface area contributed by atoms with Crippen LogP contribution in [0, 0.1) is 35.8 Å². The lowest BCUT2D eigenvalue weighted by molar-refractivity contribution is 1.05. The van der Waals surface area contributed by atoms with Gasteiger partial charge in [-0.2, -0.15) is 10.5 Å². The molecule has 0 saturated heterocycles. The summed E-state index contributed by atoms with van der Waals surface area (Å²) in [5.74, 6) is -0.868. The molecule has 0 aliphatic heterocycles. The van der Waals surface area contributed by atoms with Crippen molar-refractivity contribution in [1.29, 1.82) is 10.5 Å². The summed E-state index contributed by atoms with van der Waals surface area (Å²) in [6.45, 7) is 14.0. The van der Waals surface area contributed by atoms with Crippen LogP contribution in [0.15, 0.2) is 12.1 Å². The smallest absolute Gasteiger partial charge is 0.239 e. The van der Waals surface area contributed by atoms with Crippen LogP contribution in [0.5, 0.6) is 0 Å². The Kier molecular flexibility index (Phi) is 3.41. The molecule has 2 aromatic heterocycles. The first-order valence-corrected chi connectivity index (χ1v) is 7.56. The summed E-state index contributed by atoms with van der Waals surface area (Å²) < 4.78 is 1.67. The van der Waals surface area contributed by atoms with Gasteiger partial charge >= 0.3 is 6.17 Å². The van der Waals surface area contributed by atoms with Gasteiger partial charge in [0.25, 0.3) is 5.01 Å². The van der Waals surface area contributed by atoms with E-state index in [1.54, 1.807) is 0 Å². The third-order valence-electron chi connectivity index (χ3n) is 2.90. The first-order chi connectivity index (χ1) is 10.7. The lowest BCUT2D eigenvalue weighted by atomic mass is 10.2. The van der Waals surface area contributed by atoms with E-state index < -0.39 is 12.1 Å². The van der Waals surface area contributed by atoms with Gasteiger partial charge in [-0.1, -0.05) is 0 Å². The van der Waals surface area contributed by atoms with Crippen LogP contribution in [0.4, 0.5) is 0 Å². The fraction of sp³-hybridized carbons (Fsp3) is 0.143. The number of hydrogen-bond acceptors (Lipinski definition) is 6. The van der Waals surface area contributed by atoms with Crippen molar-refractivity contribution in [2.75, 3.05) is 0 Å². The molecule has 0 bridgehead atoms. The van der Waals surface area contributed by atoms with Crippen molar-refractivity contribution in [1.82, 2.24) is 9.97 Å². The summed E-state index contributed by atoms with van der Waals surface area (Å²) in [6, 6.07) is 7.47. The van der Waals surface area contributed by atoms with E-state index in [4.69, 9.17) is 23.7 Å². The van der Waals surface area contributed by atoms with E-state index >= 15 is 0 Å². The van der Waals surface area contributed by atoms with Crippen LogP contribution in [0.3, 0.4) is 0 Å². The monoisotopic (exact) mass is 320 g/mol. The fourth-order valence-electron chi connectivity index (χ4n) is 1.90. The highest BCUT2D eigenvalue weighted by molar-refractivity contribution is 7.20. The zero-order valence-corrected chi connectivity index (χ0v) is 12.4. The van der Waals surface area contributed by atoms with Crippen LogP contribution in [-0.2, 0) is 0 Å². The molecule has 3 rings (SSSR count). The Morgan fingerprint density at radius 2 is 1.45 bits per heavy atom. The Morgan fingerprint density at radius 1 is 0.955 bits per heavy atom. The third kappa shape index (κ3) is 2.14. The number of benzene rings is 1. The first kappa shape index (κ1) is 13.9. The zero-order valence-electron chi connectivity index (χ0n) is 10.8. The second-order valence-corrected chi connectivity index (χ2v) is 6.34. The predicted octanol–water partition coefficient (Wildman–Crippen LogP) is 3.87. The summed E-state index contributed by atoms with van der Waals surface area (Å²) in [6.07, 6.45) is -0.902. The summed E-state index contributed by atoms with van der Waals surface area (Å²) in [5, 5.41) is 18.8. The number of nitrogens with zero attached hydrogens (tertiary/aromatic N) is 6. The molecule has 0 amide bonds. The van der Waals surface area contributed by atoms with Gasteiger partial charge in [0.05, 0.1) is 32.6 Å². The highest BCUT2D eigenvalue weighted by Gasteiger charge is 2.25. The molecule has 0 atom stereocenters. The Bertz CT molecular complexity index is 889. The normalized spacial score (nSPS) is 10.5. The zero-order chi connectivity index (χ0) is 15.7.